The normalized spacial score (nSPS) is 16.7. The van der Waals surface area contributed by atoms with Gasteiger partial charge in [0.25, 0.3) is 0 Å². The van der Waals surface area contributed by atoms with E-state index in [0.29, 0.717) is 5.92 Å². The molecule has 0 aromatic heterocycles. The molecule has 0 unspecified atom stereocenters. The predicted molar refractivity (Wildman–Crippen MR) is 61.6 cm³/mol. The topological polar surface area (TPSA) is 55.5 Å². The zero-order valence-electron chi connectivity index (χ0n) is 8.64. The van der Waals surface area contributed by atoms with Gasteiger partial charge in [0.05, 0.1) is 7.11 Å². The molecule has 0 saturated heterocycles. The molecule has 1 saturated carbocycles. The smallest absolute Gasteiger partial charge is 0.120 e. The van der Waals surface area contributed by atoms with Gasteiger partial charge >= 0.3 is 0 Å². The first-order valence-corrected chi connectivity index (χ1v) is 4.85. The number of nitrogens with two attached hydrogens (primary N) is 1. The molecule has 2 rings (SSSR count). The van der Waals surface area contributed by atoms with Crippen LogP contribution in [0, 0.1) is 5.92 Å². The molecular formula is C11H16ClNO2. The fourth-order valence-corrected chi connectivity index (χ4v) is 1.64. The van der Waals surface area contributed by atoms with Gasteiger partial charge in [-0.25, -0.2) is 0 Å². The molecular weight excluding hydrogens is 214 g/mol. The molecule has 1 atom stereocenters. The number of halogens is 1. The van der Waals surface area contributed by atoms with Gasteiger partial charge in [-0.05, 0) is 37.0 Å². The molecule has 1 aromatic carbocycles. The molecule has 1 aliphatic rings. The minimum atomic E-state index is -0.0508. The van der Waals surface area contributed by atoms with E-state index >= 15 is 0 Å². The lowest BCUT2D eigenvalue weighted by atomic mass is 10.0. The van der Waals surface area contributed by atoms with Gasteiger partial charge in [-0.1, -0.05) is 0 Å². The number of rotatable bonds is 3. The van der Waals surface area contributed by atoms with Crippen LogP contribution < -0.4 is 10.5 Å². The van der Waals surface area contributed by atoms with Crippen LogP contribution in [-0.2, 0) is 0 Å². The Labute approximate surface area is 95.7 Å². The number of hydrogen-bond acceptors (Lipinski definition) is 3. The van der Waals surface area contributed by atoms with Gasteiger partial charge in [0.2, 0.25) is 0 Å². The quantitative estimate of drug-likeness (QED) is 0.836. The Bertz CT molecular complexity index is 339. The van der Waals surface area contributed by atoms with E-state index in [2.05, 4.69) is 0 Å². The standard InChI is InChI=1S/C11H15NO2.ClH/c1-14-8-4-5-10(13)9(6-8)11(12)7-2-3-7;/h4-7,11,13H,2-3,12H2,1H3;1H/t11-;/m0./s1. The maximum atomic E-state index is 9.64. The van der Waals surface area contributed by atoms with Crippen molar-refractivity contribution in [3.63, 3.8) is 0 Å². The average Bonchev–Trinajstić information content (AvgIpc) is 3.01. The van der Waals surface area contributed by atoms with Gasteiger partial charge in [-0.15, -0.1) is 12.4 Å². The Balaban J connectivity index is 0.00000112. The first-order valence-electron chi connectivity index (χ1n) is 4.85. The van der Waals surface area contributed by atoms with E-state index in [1.165, 1.54) is 0 Å². The Kier molecular flexibility index (Phi) is 3.83. The summed E-state index contributed by atoms with van der Waals surface area (Å²) < 4.78 is 5.09. The molecule has 0 amide bonds. The lowest BCUT2D eigenvalue weighted by Crippen LogP contribution is -2.12. The Hall–Kier alpha value is -0.930. The van der Waals surface area contributed by atoms with Gasteiger partial charge in [0.15, 0.2) is 0 Å². The van der Waals surface area contributed by atoms with Crippen LogP contribution in [0.15, 0.2) is 18.2 Å². The molecule has 84 valence electrons. The summed E-state index contributed by atoms with van der Waals surface area (Å²) in [6.45, 7) is 0. The Morgan fingerprint density at radius 2 is 2.13 bits per heavy atom. The molecule has 0 aliphatic heterocycles. The van der Waals surface area contributed by atoms with Crippen LogP contribution in [0.2, 0.25) is 0 Å². The summed E-state index contributed by atoms with van der Waals surface area (Å²) in [5.74, 6) is 1.55. The Morgan fingerprint density at radius 3 is 2.67 bits per heavy atom. The van der Waals surface area contributed by atoms with Crippen LogP contribution in [0.25, 0.3) is 0 Å². The van der Waals surface area contributed by atoms with Crippen molar-refractivity contribution >= 4 is 12.4 Å². The molecule has 1 fully saturated rings. The number of aromatic hydroxyl groups is 1. The first-order chi connectivity index (χ1) is 6.72. The zero-order chi connectivity index (χ0) is 10.1. The van der Waals surface area contributed by atoms with Crippen molar-refractivity contribution < 1.29 is 9.84 Å². The van der Waals surface area contributed by atoms with Gasteiger partial charge in [-0.2, -0.15) is 0 Å². The van der Waals surface area contributed by atoms with Crippen molar-refractivity contribution in [2.75, 3.05) is 7.11 Å². The van der Waals surface area contributed by atoms with Crippen LogP contribution in [0.4, 0.5) is 0 Å². The Morgan fingerprint density at radius 1 is 1.47 bits per heavy atom. The molecule has 1 aromatic rings. The molecule has 4 heteroatoms. The molecule has 0 heterocycles. The van der Waals surface area contributed by atoms with Crippen LogP contribution in [0.3, 0.4) is 0 Å². The molecule has 0 radical (unpaired) electrons. The van der Waals surface area contributed by atoms with Crippen molar-refractivity contribution in [1.29, 1.82) is 0 Å². The third kappa shape index (κ3) is 2.55. The van der Waals surface area contributed by atoms with Crippen molar-refractivity contribution in [2.24, 2.45) is 11.7 Å². The van der Waals surface area contributed by atoms with Crippen LogP contribution >= 0.6 is 12.4 Å². The summed E-state index contributed by atoms with van der Waals surface area (Å²) in [6.07, 6.45) is 2.33. The van der Waals surface area contributed by atoms with Crippen molar-refractivity contribution in [1.82, 2.24) is 0 Å². The van der Waals surface area contributed by atoms with E-state index in [4.69, 9.17) is 10.5 Å². The minimum Gasteiger partial charge on any atom is -0.508 e. The lowest BCUT2D eigenvalue weighted by Gasteiger charge is -2.13. The molecule has 0 spiro atoms. The van der Waals surface area contributed by atoms with Gasteiger partial charge in [0.1, 0.15) is 11.5 Å². The van der Waals surface area contributed by atoms with Gasteiger partial charge < -0.3 is 15.6 Å². The zero-order valence-corrected chi connectivity index (χ0v) is 9.46. The summed E-state index contributed by atoms with van der Waals surface area (Å²) in [6, 6.07) is 5.14. The fourth-order valence-electron chi connectivity index (χ4n) is 1.64. The summed E-state index contributed by atoms with van der Waals surface area (Å²) in [4.78, 5) is 0. The van der Waals surface area contributed by atoms with Crippen LogP contribution in [0.5, 0.6) is 11.5 Å². The highest BCUT2D eigenvalue weighted by Gasteiger charge is 2.31. The van der Waals surface area contributed by atoms with E-state index in [1.54, 1.807) is 19.2 Å². The van der Waals surface area contributed by atoms with Crippen molar-refractivity contribution in [2.45, 2.75) is 18.9 Å². The van der Waals surface area contributed by atoms with E-state index in [-0.39, 0.29) is 24.2 Å². The van der Waals surface area contributed by atoms with E-state index in [9.17, 15) is 5.11 Å². The third-order valence-electron chi connectivity index (χ3n) is 2.72. The third-order valence-corrected chi connectivity index (χ3v) is 2.72. The second-order valence-corrected chi connectivity index (χ2v) is 3.79. The first kappa shape index (κ1) is 12.1. The van der Waals surface area contributed by atoms with E-state index < -0.39 is 0 Å². The maximum Gasteiger partial charge on any atom is 0.120 e. The van der Waals surface area contributed by atoms with E-state index in [0.717, 1.165) is 24.2 Å². The number of methoxy groups -OCH3 is 1. The largest absolute Gasteiger partial charge is 0.508 e. The van der Waals surface area contributed by atoms with Crippen molar-refractivity contribution in [3.05, 3.63) is 23.8 Å². The van der Waals surface area contributed by atoms with Crippen LogP contribution in [0.1, 0.15) is 24.4 Å². The highest BCUT2D eigenvalue weighted by atomic mass is 35.5. The van der Waals surface area contributed by atoms with Crippen LogP contribution in [-0.4, -0.2) is 12.2 Å². The fraction of sp³-hybridized carbons (Fsp3) is 0.455. The number of phenolic OH excluding ortho intramolecular Hbond substituents is 1. The monoisotopic (exact) mass is 229 g/mol. The van der Waals surface area contributed by atoms with Crippen molar-refractivity contribution in [3.8, 4) is 11.5 Å². The molecule has 3 nitrogen and oxygen atoms in total. The number of ether oxygens (including phenoxy) is 1. The highest BCUT2D eigenvalue weighted by Crippen LogP contribution is 2.42. The second kappa shape index (κ2) is 4.73. The molecule has 3 N–H and O–H groups in total. The number of hydrogen-bond donors (Lipinski definition) is 2. The summed E-state index contributed by atoms with van der Waals surface area (Å²) in [5, 5.41) is 9.64. The summed E-state index contributed by atoms with van der Waals surface area (Å²) in [5.41, 5.74) is 6.81. The second-order valence-electron chi connectivity index (χ2n) is 3.79. The molecule has 15 heavy (non-hydrogen) atoms. The molecule has 0 bridgehead atoms. The maximum absolute atomic E-state index is 9.64. The summed E-state index contributed by atoms with van der Waals surface area (Å²) in [7, 11) is 1.61. The van der Waals surface area contributed by atoms with Gasteiger partial charge in [0, 0.05) is 11.6 Å². The highest BCUT2D eigenvalue weighted by molar-refractivity contribution is 5.85. The average molecular weight is 230 g/mol. The minimum absolute atomic E-state index is 0. The predicted octanol–water partition coefficient (Wildman–Crippen LogP) is 2.23. The van der Waals surface area contributed by atoms with E-state index in [1.807, 2.05) is 6.07 Å². The lowest BCUT2D eigenvalue weighted by molar-refractivity contribution is 0.408. The molecule has 1 aliphatic carbocycles. The number of phenols is 1. The SMILES string of the molecule is COc1ccc(O)c([C@@H](N)C2CC2)c1.Cl. The number of benzene rings is 1. The summed E-state index contributed by atoms with van der Waals surface area (Å²) >= 11 is 0. The van der Waals surface area contributed by atoms with Gasteiger partial charge in [-0.3, -0.25) is 0 Å².